The molecule has 5 rings (SSSR count). The lowest BCUT2D eigenvalue weighted by molar-refractivity contribution is -0.0383. The highest BCUT2D eigenvalue weighted by molar-refractivity contribution is 7.99. The molecule has 1 heterocycles. The van der Waals surface area contributed by atoms with Crippen molar-refractivity contribution in [1.82, 2.24) is 4.90 Å². The van der Waals surface area contributed by atoms with Crippen molar-refractivity contribution in [2.45, 2.75) is 84.7 Å². The van der Waals surface area contributed by atoms with Gasteiger partial charge >= 0.3 is 0 Å². The maximum Gasteiger partial charge on any atom is 0.0543 e. The monoisotopic (exact) mass is 417 g/mol. The van der Waals surface area contributed by atoms with E-state index in [1.165, 1.54) is 76.1 Å². The minimum atomic E-state index is -0.0268. The third kappa shape index (κ3) is 3.46. The Kier molecular flexibility index (Phi) is 5.66. The lowest BCUT2D eigenvalue weighted by Crippen LogP contribution is -2.48. The van der Waals surface area contributed by atoms with Crippen LogP contribution in [0.3, 0.4) is 0 Å². The minimum Gasteiger partial charge on any atom is -0.393 e. The van der Waals surface area contributed by atoms with Gasteiger partial charge in [0.25, 0.3) is 0 Å². The van der Waals surface area contributed by atoms with Crippen molar-refractivity contribution in [3.63, 3.8) is 0 Å². The zero-order valence-electron chi connectivity index (χ0n) is 19.1. The maximum absolute atomic E-state index is 10.3. The molecule has 0 unspecified atom stereocenters. The molecule has 0 amide bonds. The summed E-state index contributed by atoms with van der Waals surface area (Å²) in [5.74, 6) is 5.97. The molecule has 1 aliphatic heterocycles. The predicted octanol–water partition coefficient (Wildman–Crippen LogP) is 5.76. The van der Waals surface area contributed by atoms with E-state index in [0.29, 0.717) is 10.8 Å². The zero-order chi connectivity index (χ0) is 20.2. The van der Waals surface area contributed by atoms with Crippen LogP contribution in [0.25, 0.3) is 0 Å². The van der Waals surface area contributed by atoms with Crippen molar-refractivity contribution in [2.24, 2.45) is 34.5 Å². The number of fused-ring (bicyclic) bond motifs is 4. The Morgan fingerprint density at radius 1 is 1.07 bits per heavy atom. The van der Waals surface area contributed by atoms with Crippen molar-refractivity contribution in [1.29, 1.82) is 0 Å². The van der Waals surface area contributed by atoms with Gasteiger partial charge in [0.15, 0.2) is 0 Å². The normalized spacial score (nSPS) is 46.8. The number of hydrogen-bond donors (Lipinski definition) is 1. The summed E-state index contributed by atoms with van der Waals surface area (Å²) >= 11 is 2.13. The lowest BCUT2D eigenvalue weighted by Gasteiger charge is -2.56. The molecular formula is C26H43NOS. The summed E-state index contributed by atoms with van der Waals surface area (Å²) in [5, 5.41) is 10.3. The summed E-state index contributed by atoms with van der Waals surface area (Å²) in [7, 11) is 0. The third-order valence-corrected chi connectivity index (χ3v) is 11.3. The van der Waals surface area contributed by atoms with E-state index in [1.54, 1.807) is 0 Å². The van der Waals surface area contributed by atoms with Crippen LogP contribution in [-0.2, 0) is 0 Å². The molecule has 0 spiro atoms. The second kappa shape index (κ2) is 7.85. The molecule has 0 aromatic heterocycles. The molecule has 0 aromatic carbocycles. The standard InChI is InChI=1S/C26H43NOS/c1-18(17-27-12-14-29-15-13-27)22-6-7-23-21-5-4-19-16-20(28)8-10-25(19,2)24(21)9-11-26(22,23)3/h18-20,22,24,28H,4-17H2,1-3H3/t18-,19+,20+,22-,24+,25+,26-/m1/s1. The third-order valence-electron chi connectivity index (χ3n) is 10.4. The number of aliphatic hydroxyl groups is 1. The van der Waals surface area contributed by atoms with Gasteiger partial charge in [-0.3, -0.25) is 0 Å². The number of rotatable bonds is 3. The number of nitrogens with zero attached hydrogens (tertiary/aromatic N) is 1. The van der Waals surface area contributed by atoms with Crippen molar-refractivity contribution in [3.05, 3.63) is 11.1 Å². The van der Waals surface area contributed by atoms with Crippen LogP contribution in [0.5, 0.6) is 0 Å². The van der Waals surface area contributed by atoms with Crippen molar-refractivity contribution >= 4 is 11.8 Å². The van der Waals surface area contributed by atoms with E-state index >= 15 is 0 Å². The van der Waals surface area contributed by atoms with Crippen LogP contribution in [-0.4, -0.2) is 47.3 Å². The number of thioether (sulfide) groups is 1. The van der Waals surface area contributed by atoms with Gasteiger partial charge < -0.3 is 10.0 Å². The van der Waals surface area contributed by atoms with Crippen LogP contribution in [0, 0.1) is 34.5 Å². The first-order valence-electron chi connectivity index (χ1n) is 12.6. The van der Waals surface area contributed by atoms with Gasteiger partial charge in [0.1, 0.15) is 0 Å². The van der Waals surface area contributed by atoms with E-state index < -0.39 is 0 Å². The highest BCUT2D eigenvalue weighted by atomic mass is 32.2. The summed E-state index contributed by atoms with van der Waals surface area (Å²) in [5.41, 5.74) is 4.78. The molecular weight excluding hydrogens is 374 g/mol. The molecule has 5 aliphatic rings. The van der Waals surface area contributed by atoms with Crippen LogP contribution in [0.2, 0.25) is 0 Å². The Balaban J connectivity index is 1.37. The number of allylic oxidation sites excluding steroid dienone is 2. The average Bonchev–Trinajstić information content (AvgIpc) is 3.06. The van der Waals surface area contributed by atoms with Gasteiger partial charge in [0.2, 0.25) is 0 Å². The Morgan fingerprint density at radius 2 is 1.86 bits per heavy atom. The van der Waals surface area contributed by atoms with Crippen molar-refractivity contribution in [2.75, 3.05) is 31.1 Å². The summed E-state index contributed by atoms with van der Waals surface area (Å²) in [6.45, 7) is 11.8. The maximum atomic E-state index is 10.3. The second-order valence-corrected chi connectivity index (χ2v) is 12.9. The van der Waals surface area contributed by atoms with E-state index in [4.69, 9.17) is 0 Å². The van der Waals surface area contributed by atoms with Gasteiger partial charge in [-0.05, 0) is 92.3 Å². The highest BCUT2D eigenvalue weighted by Gasteiger charge is 2.55. The molecule has 2 nitrogen and oxygen atoms in total. The smallest absolute Gasteiger partial charge is 0.0543 e. The van der Waals surface area contributed by atoms with Crippen LogP contribution in [0.4, 0.5) is 0 Å². The van der Waals surface area contributed by atoms with Gasteiger partial charge in [-0.15, -0.1) is 0 Å². The molecule has 29 heavy (non-hydrogen) atoms. The largest absolute Gasteiger partial charge is 0.393 e. The Bertz CT molecular complexity index is 655. The van der Waals surface area contributed by atoms with E-state index in [9.17, 15) is 5.11 Å². The SMILES string of the molecule is C[C@H](CN1CCSCC1)[C@H]1CCC2=C3CC[C@H]4C[C@@H](O)CC[C@]4(C)[C@H]3CC[C@@]21C. The molecule has 0 radical (unpaired) electrons. The fourth-order valence-corrected chi connectivity index (χ4v) is 9.72. The Hall–Kier alpha value is 0.01000. The first-order chi connectivity index (χ1) is 13.9. The van der Waals surface area contributed by atoms with Crippen molar-refractivity contribution in [3.8, 4) is 0 Å². The molecule has 7 atom stereocenters. The Morgan fingerprint density at radius 3 is 2.66 bits per heavy atom. The molecule has 164 valence electrons. The lowest BCUT2D eigenvalue weighted by atomic mass is 9.49. The predicted molar refractivity (Wildman–Crippen MR) is 124 cm³/mol. The zero-order valence-corrected chi connectivity index (χ0v) is 19.9. The number of aliphatic hydroxyl groups excluding tert-OH is 1. The van der Waals surface area contributed by atoms with E-state index in [1.807, 2.05) is 11.1 Å². The Labute approximate surface area is 183 Å². The van der Waals surface area contributed by atoms with Crippen LogP contribution in [0.1, 0.15) is 78.6 Å². The van der Waals surface area contributed by atoms with Crippen LogP contribution < -0.4 is 0 Å². The molecule has 1 N–H and O–H groups in total. The molecule has 3 saturated carbocycles. The molecule has 4 aliphatic carbocycles. The van der Waals surface area contributed by atoms with Gasteiger partial charge in [-0.25, -0.2) is 0 Å². The van der Waals surface area contributed by atoms with E-state index in [2.05, 4.69) is 37.4 Å². The fraction of sp³-hybridized carbons (Fsp3) is 0.923. The summed E-state index contributed by atoms with van der Waals surface area (Å²) in [4.78, 5) is 2.75. The average molecular weight is 418 g/mol. The minimum absolute atomic E-state index is 0.0268. The molecule has 3 heteroatoms. The summed E-state index contributed by atoms with van der Waals surface area (Å²) < 4.78 is 0. The van der Waals surface area contributed by atoms with Crippen molar-refractivity contribution < 1.29 is 5.11 Å². The second-order valence-electron chi connectivity index (χ2n) is 11.7. The fourth-order valence-electron chi connectivity index (χ4n) is 8.74. The van der Waals surface area contributed by atoms with Gasteiger partial charge in [-0.1, -0.05) is 31.9 Å². The molecule has 0 bridgehead atoms. The first-order valence-corrected chi connectivity index (χ1v) is 13.8. The van der Waals surface area contributed by atoms with Crippen LogP contribution in [0.15, 0.2) is 11.1 Å². The van der Waals surface area contributed by atoms with Gasteiger partial charge in [-0.2, -0.15) is 11.8 Å². The van der Waals surface area contributed by atoms with E-state index in [0.717, 1.165) is 36.5 Å². The van der Waals surface area contributed by atoms with E-state index in [-0.39, 0.29) is 6.10 Å². The van der Waals surface area contributed by atoms with Crippen LogP contribution >= 0.6 is 11.8 Å². The quantitative estimate of drug-likeness (QED) is 0.591. The van der Waals surface area contributed by atoms with Gasteiger partial charge in [0.05, 0.1) is 6.10 Å². The topological polar surface area (TPSA) is 23.5 Å². The molecule has 1 saturated heterocycles. The summed E-state index contributed by atoms with van der Waals surface area (Å²) in [6, 6.07) is 0. The molecule has 4 fully saturated rings. The number of hydrogen-bond acceptors (Lipinski definition) is 3. The summed E-state index contributed by atoms with van der Waals surface area (Å²) in [6.07, 6.45) is 11.7. The van der Waals surface area contributed by atoms with Gasteiger partial charge in [0, 0.05) is 31.1 Å². The first kappa shape index (κ1) is 20.9. The molecule has 0 aromatic rings. The highest BCUT2D eigenvalue weighted by Crippen LogP contribution is 2.65.